The first-order valence-corrected chi connectivity index (χ1v) is 13.4. The first-order valence-electron chi connectivity index (χ1n) is 9.84. The van der Waals surface area contributed by atoms with Crippen LogP contribution in [0.15, 0.2) is 32.9 Å². The molecule has 0 aliphatic heterocycles. The Balaban J connectivity index is 1.44. The highest BCUT2D eigenvalue weighted by Gasteiger charge is 2.13. The molecule has 0 saturated heterocycles. The van der Waals surface area contributed by atoms with Crippen LogP contribution in [-0.4, -0.2) is 50.3 Å². The number of hydrogen-bond acceptors (Lipinski definition) is 11. The molecule has 0 fully saturated rings. The number of aromatic nitrogens is 4. The van der Waals surface area contributed by atoms with Crippen molar-refractivity contribution < 1.29 is 14.3 Å². The lowest BCUT2D eigenvalue weighted by Gasteiger charge is -2.06. The Morgan fingerprint density at radius 2 is 1.59 bits per heavy atom. The number of carbonyl (C=O) groups excluding carboxylic acids is 2. The third-order valence-electron chi connectivity index (χ3n) is 3.76. The number of benzene rings is 1. The summed E-state index contributed by atoms with van der Waals surface area (Å²) in [7, 11) is 0. The van der Waals surface area contributed by atoms with Gasteiger partial charge in [0.2, 0.25) is 16.2 Å². The number of unbranched alkanes of at least 4 members (excludes halogenated alkanes) is 1. The maximum absolute atomic E-state index is 12.4. The zero-order valence-electron chi connectivity index (χ0n) is 17.5. The summed E-state index contributed by atoms with van der Waals surface area (Å²) < 4.78 is 7.00. The number of nitrogens with one attached hydrogen (secondary N) is 2. The molecule has 0 unspecified atom stereocenters. The van der Waals surface area contributed by atoms with Crippen LogP contribution in [0.25, 0.3) is 0 Å². The van der Waals surface area contributed by atoms with E-state index in [2.05, 4.69) is 38.0 Å². The van der Waals surface area contributed by atoms with Crippen molar-refractivity contribution in [1.29, 1.82) is 0 Å². The first-order chi connectivity index (χ1) is 15.6. The Morgan fingerprint density at radius 3 is 2.25 bits per heavy atom. The second-order valence-corrected chi connectivity index (χ2v) is 10.9. The Labute approximate surface area is 202 Å². The monoisotopic (exact) mass is 510 g/mol. The van der Waals surface area contributed by atoms with Crippen molar-refractivity contribution in [2.24, 2.45) is 0 Å². The molecule has 2 N–H and O–H groups in total. The highest BCUT2D eigenvalue weighted by Crippen LogP contribution is 2.27. The maximum atomic E-state index is 12.4. The number of amides is 2. The van der Waals surface area contributed by atoms with E-state index in [0.717, 1.165) is 28.7 Å². The topological polar surface area (TPSA) is 119 Å². The van der Waals surface area contributed by atoms with Gasteiger partial charge in [-0.15, -0.1) is 20.4 Å². The number of thioether (sulfide) groups is 2. The Kier molecular flexibility index (Phi) is 9.71. The molecule has 32 heavy (non-hydrogen) atoms. The predicted molar refractivity (Wildman–Crippen MR) is 130 cm³/mol. The zero-order chi connectivity index (χ0) is 22.8. The minimum atomic E-state index is -0.285. The van der Waals surface area contributed by atoms with Crippen LogP contribution >= 0.6 is 46.2 Å². The summed E-state index contributed by atoms with van der Waals surface area (Å²) in [6.07, 6.45) is 2.05. The molecule has 0 aliphatic rings. The third kappa shape index (κ3) is 7.73. The van der Waals surface area contributed by atoms with Crippen LogP contribution in [0.4, 0.5) is 10.3 Å². The van der Waals surface area contributed by atoms with Gasteiger partial charge in [-0.3, -0.25) is 20.2 Å². The third-order valence-corrected chi connectivity index (χ3v) is 7.58. The molecule has 0 atom stereocenters. The van der Waals surface area contributed by atoms with Crippen LogP contribution in [0.5, 0.6) is 5.75 Å². The lowest BCUT2D eigenvalue weighted by atomic mass is 10.2. The van der Waals surface area contributed by atoms with Crippen molar-refractivity contribution in [3.8, 4) is 5.75 Å². The van der Waals surface area contributed by atoms with E-state index < -0.39 is 0 Å². The van der Waals surface area contributed by atoms with Crippen LogP contribution < -0.4 is 15.4 Å². The van der Waals surface area contributed by atoms with E-state index in [0.29, 0.717) is 26.8 Å². The highest BCUT2D eigenvalue weighted by molar-refractivity contribution is 8.01. The maximum Gasteiger partial charge on any atom is 0.257 e. The summed E-state index contributed by atoms with van der Waals surface area (Å²) in [6, 6.07) is 6.95. The summed E-state index contributed by atoms with van der Waals surface area (Å²) in [5.41, 5.74) is 0.495. The first kappa shape index (κ1) is 24.4. The predicted octanol–water partition coefficient (Wildman–Crippen LogP) is 4.66. The molecule has 0 aliphatic carbocycles. The summed E-state index contributed by atoms with van der Waals surface area (Å²) in [5, 5.41) is 22.2. The molecule has 0 bridgehead atoms. The van der Waals surface area contributed by atoms with Crippen LogP contribution in [-0.2, 0) is 4.79 Å². The van der Waals surface area contributed by atoms with Crippen molar-refractivity contribution in [2.75, 3.05) is 28.7 Å². The Morgan fingerprint density at radius 1 is 0.938 bits per heavy atom. The lowest BCUT2D eigenvalue weighted by Crippen LogP contribution is -2.13. The summed E-state index contributed by atoms with van der Waals surface area (Å²) in [6.45, 7) is 4.79. The Hall–Kier alpha value is -2.22. The molecule has 2 amide bonds. The van der Waals surface area contributed by atoms with Gasteiger partial charge in [-0.2, -0.15) is 0 Å². The molecule has 170 valence electrons. The van der Waals surface area contributed by atoms with Gasteiger partial charge in [-0.05, 0) is 36.4 Å². The van der Waals surface area contributed by atoms with Gasteiger partial charge in [-0.1, -0.05) is 66.5 Å². The van der Waals surface area contributed by atoms with E-state index in [1.807, 2.05) is 6.92 Å². The fraction of sp³-hybridized carbons (Fsp3) is 0.368. The van der Waals surface area contributed by atoms with Gasteiger partial charge in [0, 0.05) is 5.56 Å². The molecule has 0 radical (unpaired) electrons. The SMILES string of the molecule is CCCCOc1ccc(C(=O)Nc2nnc(SCC(=O)Nc3nnc(SCC)s3)s2)cc1. The van der Waals surface area contributed by atoms with Crippen molar-refractivity contribution in [1.82, 2.24) is 20.4 Å². The van der Waals surface area contributed by atoms with E-state index in [1.54, 1.807) is 36.0 Å². The molecule has 2 heterocycles. The van der Waals surface area contributed by atoms with E-state index in [1.165, 1.54) is 34.4 Å². The molecular formula is C19H22N6O3S4. The van der Waals surface area contributed by atoms with Crippen molar-refractivity contribution in [3.63, 3.8) is 0 Å². The standard InChI is InChI=1S/C19H22N6O3S4/c1-3-5-10-28-13-8-6-12(7-9-13)15(27)21-17-23-25-19(32-17)30-11-14(26)20-16-22-24-18(31-16)29-4-2/h6-9H,3-5,10-11H2,1-2H3,(H,20,22,26)(H,21,23,27). The fourth-order valence-electron chi connectivity index (χ4n) is 2.25. The minimum Gasteiger partial charge on any atom is -0.494 e. The number of carbonyl (C=O) groups is 2. The van der Waals surface area contributed by atoms with Crippen LogP contribution in [0.1, 0.15) is 37.0 Å². The minimum absolute atomic E-state index is 0.151. The number of ether oxygens (including phenoxy) is 1. The lowest BCUT2D eigenvalue weighted by molar-refractivity contribution is -0.113. The van der Waals surface area contributed by atoms with Gasteiger partial charge in [0.15, 0.2) is 8.68 Å². The molecule has 1 aromatic carbocycles. The molecule has 3 aromatic rings. The van der Waals surface area contributed by atoms with Crippen molar-refractivity contribution in [2.45, 2.75) is 35.4 Å². The number of nitrogens with zero attached hydrogens (tertiary/aromatic N) is 4. The molecule has 13 heteroatoms. The normalized spacial score (nSPS) is 10.7. The van der Waals surface area contributed by atoms with Crippen molar-refractivity contribution in [3.05, 3.63) is 29.8 Å². The molecule has 0 saturated carbocycles. The van der Waals surface area contributed by atoms with Gasteiger partial charge >= 0.3 is 0 Å². The van der Waals surface area contributed by atoms with E-state index in [-0.39, 0.29) is 17.6 Å². The molecular weight excluding hydrogens is 489 g/mol. The van der Waals surface area contributed by atoms with Gasteiger partial charge in [0.25, 0.3) is 5.91 Å². The molecule has 9 nitrogen and oxygen atoms in total. The van der Waals surface area contributed by atoms with Gasteiger partial charge < -0.3 is 4.74 Å². The second-order valence-electron chi connectivity index (χ2n) is 6.20. The second kappa shape index (κ2) is 12.7. The fourth-order valence-corrected chi connectivity index (χ4v) is 5.46. The van der Waals surface area contributed by atoms with E-state index in [4.69, 9.17) is 4.74 Å². The molecule has 2 aromatic heterocycles. The van der Waals surface area contributed by atoms with Gasteiger partial charge in [-0.25, -0.2) is 0 Å². The molecule has 3 rings (SSSR count). The average Bonchev–Trinajstić information content (AvgIpc) is 3.42. The van der Waals surface area contributed by atoms with Crippen LogP contribution in [0.2, 0.25) is 0 Å². The molecule has 0 spiro atoms. The van der Waals surface area contributed by atoms with Crippen LogP contribution in [0, 0.1) is 0 Å². The summed E-state index contributed by atoms with van der Waals surface area (Å²) >= 11 is 5.36. The van der Waals surface area contributed by atoms with Crippen molar-refractivity contribution >= 4 is 68.3 Å². The average molecular weight is 511 g/mol. The number of anilines is 2. The van der Waals surface area contributed by atoms with Gasteiger partial charge in [0.05, 0.1) is 12.4 Å². The highest BCUT2D eigenvalue weighted by atomic mass is 32.2. The quantitative estimate of drug-likeness (QED) is 0.204. The summed E-state index contributed by atoms with van der Waals surface area (Å²) in [4.78, 5) is 24.5. The van der Waals surface area contributed by atoms with E-state index in [9.17, 15) is 9.59 Å². The zero-order valence-corrected chi connectivity index (χ0v) is 20.8. The number of hydrogen-bond donors (Lipinski definition) is 2. The smallest absolute Gasteiger partial charge is 0.257 e. The van der Waals surface area contributed by atoms with Gasteiger partial charge in [0.1, 0.15) is 5.75 Å². The largest absolute Gasteiger partial charge is 0.494 e. The van der Waals surface area contributed by atoms with Crippen LogP contribution in [0.3, 0.4) is 0 Å². The Bertz CT molecular complexity index is 1020. The summed E-state index contributed by atoms with van der Waals surface area (Å²) in [5.74, 6) is 1.29. The number of rotatable bonds is 12. The van der Waals surface area contributed by atoms with E-state index >= 15 is 0 Å².